The third-order valence-electron chi connectivity index (χ3n) is 5.30. The van der Waals surface area contributed by atoms with Gasteiger partial charge in [0.15, 0.2) is 5.60 Å². The van der Waals surface area contributed by atoms with E-state index >= 15 is 0 Å². The molecule has 6 heteroatoms. The largest absolute Gasteiger partial charge is 0.478 e. The predicted molar refractivity (Wildman–Crippen MR) is 119 cm³/mol. The fourth-order valence-electron chi connectivity index (χ4n) is 3.51. The molecular weight excluding hydrogens is 480 g/mol. The molecule has 3 rings (SSSR count). The van der Waals surface area contributed by atoms with Crippen LogP contribution in [0.25, 0.3) is 0 Å². The summed E-state index contributed by atoms with van der Waals surface area (Å²) in [6.07, 6.45) is 2.17. The number of nitrogens with one attached hydrogen (secondary N) is 1. The number of carbonyl (C=O) groups excluding carboxylic acids is 1. The molecule has 1 aromatic heterocycles. The summed E-state index contributed by atoms with van der Waals surface area (Å²) >= 11 is 0. The summed E-state index contributed by atoms with van der Waals surface area (Å²) < 4.78 is 19.2. The minimum absolute atomic E-state index is 0. The third kappa shape index (κ3) is 7.21. The Hall–Kier alpha value is -2.11. The molecule has 0 spiro atoms. The van der Waals surface area contributed by atoms with Gasteiger partial charge in [0.2, 0.25) is 0 Å². The van der Waals surface area contributed by atoms with Crippen LogP contribution in [0.5, 0.6) is 5.88 Å². The summed E-state index contributed by atoms with van der Waals surface area (Å²) in [5.74, 6) is -0.114. The second-order valence-corrected chi connectivity index (χ2v) is 8.32. The number of aryl methyl sites for hydroxylation is 1. The number of nitrogens with zero attached hydrogens (tertiary/aromatic N) is 1. The van der Waals surface area contributed by atoms with E-state index in [1.165, 1.54) is 18.3 Å². The fourth-order valence-corrected chi connectivity index (χ4v) is 3.51. The van der Waals surface area contributed by atoms with E-state index in [1.807, 2.05) is 26.0 Å². The Morgan fingerprint density at radius 3 is 2.53 bits per heavy atom. The summed E-state index contributed by atoms with van der Waals surface area (Å²) in [5.41, 5.74) is 2.18. The van der Waals surface area contributed by atoms with E-state index in [1.54, 1.807) is 38.1 Å². The Morgan fingerprint density at radius 2 is 1.91 bits per heavy atom. The Balaban J connectivity index is 0.00000363. The normalized spacial score (nSPS) is 12.9. The maximum Gasteiger partial charge on any atom is 0.263 e. The molecule has 3 aromatic rings. The number of ether oxygens (including phenoxy) is 1. The molecule has 1 heterocycles. The molecule has 2 aromatic carbocycles. The Bertz CT molecular complexity index is 1010. The summed E-state index contributed by atoms with van der Waals surface area (Å²) in [7, 11) is 0. The standard InChI is InChI=1S/C26H28FN2O2.Y/c1-18-8-7-9-21(16-18)23(17-20-11-13-22(27)14-12-20)19(2)29-25(30)26(3,4)31-24-10-5-6-15-28-24;/h5,7-16,19,23H,17H2,1-4H3,(H,29,30);/q-1;. The van der Waals surface area contributed by atoms with E-state index in [0.29, 0.717) is 12.3 Å². The minimum atomic E-state index is -1.10. The van der Waals surface area contributed by atoms with Gasteiger partial charge in [0.05, 0.1) is 0 Å². The molecule has 0 aliphatic carbocycles. The SMILES string of the molecule is Cc1cccc(C(Cc2ccc(F)cc2)C(C)NC(=O)C(C)(C)Oc2cc[c-]cn2)c1.[Y]. The number of carbonyl (C=O) groups is 1. The van der Waals surface area contributed by atoms with Gasteiger partial charge >= 0.3 is 0 Å². The Morgan fingerprint density at radius 1 is 1.19 bits per heavy atom. The van der Waals surface area contributed by atoms with E-state index < -0.39 is 5.60 Å². The van der Waals surface area contributed by atoms with Crippen molar-refractivity contribution < 1.29 is 46.6 Å². The quantitative estimate of drug-likeness (QED) is 0.435. The smallest absolute Gasteiger partial charge is 0.263 e. The zero-order chi connectivity index (χ0) is 22.4. The number of aromatic nitrogens is 1. The van der Waals surface area contributed by atoms with Crippen LogP contribution in [0.2, 0.25) is 0 Å². The second-order valence-electron chi connectivity index (χ2n) is 8.32. The topological polar surface area (TPSA) is 51.2 Å². The molecule has 2 atom stereocenters. The van der Waals surface area contributed by atoms with Gasteiger partial charge in [-0.05, 0) is 57.4 Å². The number of hydrogen-bond donors (Lipinski definition) is 1. The zero-order valence-electron chi connectivity index (χ0n) is 18.9. The number of halogens is 1. The van der Waals surface area contributed by atoms with Crippen molar-refractivity contribution in [2.45, 2.75) is 51.7 Å². The van der Waals surface area contributed by atoms with E-state index in [2.05, 4.69) is 28.5 Å². The van der Waals surface area contributed by atoms with Gasteiger partial charge in [-0.2, -0.15) is 0 Å². The van der Waals surface area contributed by atoms with Crippen molar-refractivity contribution in [1.29, 1.82) is 0 Å². The summed E-state index contributed by atoms with van der Waals surface area (Å²) in [6, 6.07) is 20.8. The molecule has 0 fully saturated rings. The van der Waals surface area contributed by atoms with E-state index in [-0.39, 0.29) is 56.4 Å². The number of amides is 1. The third-order valence-corrected chi connectivity index (χ3v) is 5.30. The molecular formula is C26H28FN2O2Y-. The van der Waals surface area contributed by atoms with Crippen LogP contribution in [0.1, 0.15) is 43.4 Å². The van der Waals surface area contributed by atoms with Crippen molar-refractivity contribution in [2.24, 2.45) is 0 Å². The monoisotopic (exact) mass is 508 g/mol. The predicted octanol–water partition coefficient (Wildman–Crippen LogP) is 5.02. The fraction of sp³-hybridized carbons (Fsp3) is 0.308. The molecule has 0 aliphatic rings. The first-order chi connectivity index (χ1) is 14.7. The van der Waals surface area contributed by atoms with Gasteiger partial charge in [0, 0.05) is 44.7 Å². The molecule has 1 amide bonds. The first-order valence-electron chi connectivity index (χ1n) is 10.4. The number of hydrogen-bond acceptors (Lipinski definition) is 3. The average molecular weight is 508 g/mol. The van der Waals surface area contributed by atoms with Gasteiger partial charge in [-0.3, -0.25) is 9.78 Å². The number of benzene rings is 2. The molecule has 2 unspecified atom stereocenters. The van der Waals surface area contributed by atoms with Gasteiger partial charge < -0.3 is 10.1 Å². The van der Waals surface area contributed by atoms with Crippen LogP contribution in [0.15, 0.2) is 66.9 Å². The van der Waals surface area contributed by atoms with Crippen molar-refractivity contribution in [3.8, 4) is 5.88 Å². The molecule has 0 saturated carbocycles. The second kappa shape index (κ2) is 11.7. The van der Waals surface area contributed by atoms with Gasteiger partial charge in [-0.15, -0.1) is 6.07 Å². The van der Waals surface area contributed by atoms with Gasteiger partial charge in [0.1, 0.15) is 11.7 Å². The Labute approximate surface area is 214 Å². The van der Waals surface area contributed by atoms with Crippen LogP contribution in [0.3, 0.4) is 0 Å². The van der Waals surface area contributed by atoms with Crippen LogP contribution < -0.4 is 10.1 Å². The first-order valence-corrected chi connectivity index (χ1v) is 10.4. The molecule has 32 heavy (non-hydrogen) atoms. The van der Waals surface area contributed by atoms with Crippen molar-refractivity contribution in [1.82, 2.24) is 10.3 Å². The average Bonchev–Trinajstić information content (AvgIpc) is 2.73. The molecule has 0 saturated heterocycles. The van der Waals surface area contributed by atoms with E-state index in [9.17, 15) is 9.18 Å². The molecule has 165 valence electrons. The van der Waals surface area contributed by atoms with Crippen LogP contribution in [0.4, 0.5) is 4.39 Å². The first kappa shape index (κ1) is 26.1. The molecule has 1 radical (unpaired) electrons. The van der Waals surface area contributed by atoms with Gasteiger partial charge in [-0.1, -0.05) is 48.2 Å². The van der Waals surface area contributed by atoms with Crippen molar-refractivity contribution in [3.05, 3.63) is 95.4 Å². The maximum absolute atomic E-state index is 13.4. The molecule has 4 nitrogen and oxygen atoms in total. The van der Waals surface area contributed by atoms with Gasteiger partial charge in [0.25, 0.3) is 5.91 Å². The molecule has 0 aliphatic heterocycles. The summed E-state index contributed by atoms with van der Waals surface area (Å²) in [5, 5.41) is 3.12. The van der Waals surface area contributed by atoms with Crippen molar-refractivity contribution in [2.75, 3.05) is 0 Å². The molecule has 1 N–H and O–H groups in total. The van der Waals surface area contributed by atoms with Crippen LogP contribution >= 0.6 is 0 Å². The zero-order valence-corrected chi connectivity index (χ0v) is 21.8. The van der Waals surface area contributed by atoms with Crippen molar-refractivity contribution in [3.63, 3.8) is 0 Å². The van der Waals surface area contributed by atoms with Crippen LogP contribution in [-0.2, 0) is 43.9 Å². The number of rotatable bonds is 8. The Kier molecular flexibility index (Phi) is 9.53. The van der Waals surface area contributed by atoms with Gasteiger partial charge in [-0.25, -0.2) is 16.5 Å². The molecule has 0 bridgehead atoms. The van der Waals surface area contributed by atoms with E-state index in [4.69, 9.17) is 4.74 Å². The minimum Gasteiger partial charge on any atom is -0.478 e. The summed E-state index contributed by atoms with van der Waals surface area (Å²) in [6.45, 7) is 7.47. The number of pyridine rings is 1. The van der Waals surface area contributed by atoms with Crippen LogP contribution in [0, 0.1) is 18.8 Å². The van der Waals surface area contributed by atoms with Crippen LogP contribution in [-0.4, -0.2) is 22.5 Å². The van der Waals surface area contributed by atoms with Crippen molar-refractivity contribution >= 4 is 5.91 Å². The maximum atomic E-state index is 13.4. The van der Waals surface area contributed by atoms with E-state index in [0.717, 1.165) is 16.7 Å². The summed E-state index contributed by atoms with van der Waals surface area (Å²) in [4.78, 5) is 17.2.